The fraction of sp³-hybridized carbons (Fsp3) is 0.333. The van der Waals surface area contributed by atoms with E-state index in [1.165, 1.54) is 0 Å². The molecule has 1 fully saturated rings. The number of methoxy groups -OCH3 is 1. The number of anilines is 2. The Kier molecular flexibility index (Phi) is 7.92. The lowest BCUT2D eigenvalue weighted by molar-refractivity contribution is 0.122. The highest BCUT2D eigenvalue weighted by atomic mass is 127. The van der Waals surface area contributed by atoms with Crippen molar-refractivity contribution in [2.24, 2.45) is 10.7 Å². The standard InChI is InChI=1S/C18H23N5O2.HI/c1-24-16-7-5-14(6-8-16)22-18(19)20-13-15-3-2-4-17(21-15)23-9-11-25-12-10-23;/h2-8H,9-13H2,1H3,(H3,19,20,22);1H. The van der Waals surface area contributed by atoms with E-state index in [-0.39, 0.29) is 24.0 Å². The predicted molar refractivity (Wildman–Crippen MR) is 115 cm³/mol. The third-order valence-corrected chi connectivity index (χ3v) is 3.90. The SMILES string of the molecule is COc1ccc(NC(N)=NCc2cccc(N3CCOCC3)n2)cc1.I. The maximum atomic E-state index is 5.96. The molecule has 3 rings (SSSR count). The number of pyridine rings is 1. The molecule has 0 amide bonds. The highest BCUT2D eigenvalue weighted by molar-refractivity contribution is 14.0. The fourth-order valence-corrected chi connectivity index (χ4v) is 2.55. The molecule has 0 saturated carbocycles. The third kappa shape index (κ3) is 5.73. The van der Waals surface area contributed by atoms with Crippen molar-refractivity contribution in [1.29, 1.82) is 0 Å². The van der Waals surface area contributed by atoms with E-state index < -0.39 is 0 Å². The van der Waals surface area contributed by atoms with Gasteiger partial charge in [0.1, 0.15) is 11.6 Å². The number of morpholine rings is 1. The van der Waals surface area contributed by atoms with Crippen LogP contribution in [-0.4, -0.2) is 44.4 Å². The van der Waals surface area contributed by atoms with E-state index >= 15 is 0 Å². The van der Waals surface area contributed by atoms with Gasteiger partial charge in [0, 0.05) is 18.8 Å². The molecule has 1 aromatic carbocycles. The highest BCUT2D eigenvalue weighted by Crippen LogP contribution is 2.15. The van der Waals surface area contributed by atoms with Crippen molar-refractivity contribution in [2.75, 3.05) is 43.6 Å². The first-order valence-electron chi connectivity index (χ1n) is 8.24. The molecule has 0 aliphatic carbocycles. The fourth-order valence-electron chi connectivity index (χ4n) is 2.55. The Hall–Kier alpha value is -2.07. The monoisotopic (exact) mass is 469 g/mol. The van der Waals surface area contributed by atoms with Gasteiger partial charge in [-0.2, -0.15) is 0 Å². The van der Waals surface area contributed by atoms with Crippen LogP contribution < -0.4 is 20.7 Å². The van der Waals surface area contributed by atoms with Gasteiger partial charge in [0.2, 0.25) is 0 Å². The number of guanidine groups is 1. The van der Waals surface area contributed by atoms with Crippen LogP contribution in [0.5, 0.6) is 5.75 Å². The van der Waals surface area contributed by atoms with Crippen molar-refractivity contribution in [3.63, 3.8) is 0 Å². The van der Waals surface area contributed by atoms with Gasteiger partial charge in [-0.1, -0.05) is 6.07 Å². The molecule has 26 heavy (non-hydrogen) atoms. The van der Waals surface area contributed by atoms with Gasteiger partial charge in [0.15, 0.2) is 5.96 Å². The quantitative estimate of drug-likeness (QED) is 0.398. The first-order valence-corrected chi connectivity index (χ1v) is 8.24. The zero-order valence-electron chi connectivity index (χ0n) is 14.7. The average molecular weight is 469 g/mol. The van der Waals surface area contributed by atoms with Crippen LogP contribution in [0.25, 0.3) is 0 Å². The van der Waals surface area contributed by atoms with Gasteiger partial charge >= 0.3 is 0 Å². The lowest BCUT2D eigenvalue weighted by Gasteiger charge is -2.27. The highest BCUT2D eigenvalue weighted by Gasteiger charge is 2.12. The van der Waals surface area contributed by atoms with E-state index in [0.29, 0.717) is 12.5 Å². The van der Waals surface area contributed by atoms with Gasteiger partial charge in [-0.25, -0.2) is 9.98 Å². The molecule has 0 bridgehead atoms. The topological polar surface area (TPSA) is 85.0 Å². The number of halogens is 1. The zero-order chi connectivity index (χ0) is 17.5. The predicted octanol–water partition coefficient (Wildman–Crippen LogP) is 2.47. The first-order chi connectivity index (χ1) is 12.2. The van der Waals surface area contributed by atoms with E-state index in [9.17, 15) is 0 Å². The van der Waals surface area contributed by atoms with Crippen LogP contribution >= 0.6 is 24.0 Å². The van der Waals surface area contributed by atoms with Crippen LogP contribution in [0.15, 0.2) is 47.5 Å². The minimum absolute atomic E-state index is 0. The molecule has 3 N–H and O–H groups in total. The minimum Gasteiger partial charge on any atom is -0.497 e. The van der Waals surface area contributed by atoms with Crippen LogP contribution in [0.1, 0.15) is 5.69 Å². The number of aromatic nitrogens is 1. The Labute approximate surface area is 170 Å². The number of rotatable bonds is 5. The number of aliphatic imine (C=N–C) groups is 1. The molecule has 1 aliphatic rings. The number of ether oxygens (including phenoxy) is 2. The lowest BCUT2D eigenvalue weighted by Crippen LogP contribution is -2.36. The summed E-state index contributed by atoms with van der Waals surface area (Å²) < 4.78 is 10.5. The molecular formula is C18H24IN5O2. The summed E-state index contributed by atoms with van der Waals surface area (Å²) in [5, 5.41) is 3.06. The second-order valence-corrected chi connectivity index (χ2v) is 5.64. The molecule has 8 heteroatoms. The van der Waals surface area contributed by atoms with E-state index in [1.54, 1.807) is 7.11 Å². The van der Waals surface area contributed by atoms with Gasteiger partial charge in [-0.3, -0.25) is 0 Å². The van der Waals surface area contributed by atoms with E-state index in [1.807, 2.05) is 42.5 Å². The summed E-state index contributed by atoms with van der Waals surface area (Å²) in [6, 6.07) is 13.5. The molecule has 0 unspecified atom stereocenters. The Bertz CT molecular complexity index is 718. The molecule has 0 radical (unpaired) electrons. The smallest absolute Gasteiger partial charge is 0.193 e. The maximum absolute atomic E-state index is 5.96. The summed E-state index contributed by atoms with van der Waals surface area (Å²) >= 11 is 0. The van der Waals surface area contributed by atoms with Crippen LogP contribution in [0.4, 0.5) is 11.5 Å². The Morgan fingerprint density at radius 1 is 1.23 bits per heavy atom. The summed E-state index contributed by atoms with van der Waals surface area (Å²) in [6.07, 6.45) is 0. The summed E-state index contributed by atoms with van der Waals surface area (Å²) in [5.74, 6) is 2.10. The number of benzene rings is 1. The second-order valence-electron chi connectivity index (χ2n) is 5.64. The van der Waals surface area contributed by atoms with E-state index in [4.69, 9.17) is 15.2 Å². The Balaban J connectivity index is 0.00000243. The molecule has 0 spiro atoms. The van der Waals surface area contributed by atoms with Crippen molar-refractivity contribution < 1.29 is 9.47 Å². The second kappa shape index (κ2) is 10.2. The van der Waals surface area contributed by atoms with Crippen molar-refractivity contribution in [1.82, 2.24) is 4.98 Å². The minimum atomic E-state index is 0. The number of nitrogens with one attached hydrogen (secondary N) is 1. The molecule has 7 nitrogen and oxygen atoms in total. The number of nitrogens with zero attached hydrogens (tertiary/aromatic N) is 3. The maximum Gasteiger partial charge on any atom is 0.193 e. The zero-order valence-corrected chi connectivity index (χ0v) is 17.1. The number of hydrogen-bond acceptors (Lipinski definition) is 5. The van der Waals surface area contributed by atoms with E-state index in [2.05, 4.69) is 20.2 Å². The Morgan fingerprint density at radius 2 is 1.96 bits per heavy atom. The largest absolute Gasteiger partial charge is 0.497 e. The van der Waals surface area contributed by atoms with Gasteiger partial charge in [-0.15, -0.1) is 24.0 Å². The molecule has 1 aromatic heterocycles. The van der Waals surface area contributed by atoms with Gasteiger partial charge in [-0.05, 0) is 36.4 Å². The third-order valence-electron chi connectivity index (χ3n) is 3.90. The van der Waals surface area contributed by atoms with Gasteiger partial charge in [0.05, 0.1) is 32.6 Å². The van der Waals surface area contributed by atoms with Gasteiger partial charge in [0.25, 0.3) is 0 Å². The number of nitrogens with two attached hydrogens (primary N) is 1. The molecule has 1 aliphatic heterocycles. The van der Waals surface area contributed by atoms with Crippen LogP contribution in [-0.2, 0) is 11.3 Å². The van der Waals surface area contributed by atoms with E-state index in [0.717, 1.165) is 49.3 Å². The van der Waals surface area contributed by atoms with Crippen molar-refractivity contribution in [3.05, 3.63) is 48.2 Å². The average Bonchev–Trinajstić information content (AvgIpc) is 2.68. The molecule has 2 aromatic rings. The first kappa shape index (κ1) is 20.2. The van der Waals surface area contributed by atoms with Crippen molar-refractivity contribution in [2.45, 2.75) is 6.54 Å². The van der Waals surface area contributed by atoms with Crippen molar-refractivity contribution >= 4 is 41.4 Å². The van der Waals surface area contributed by atoms with Gasteiger partial charge < -0.3 is 25.4 Å². The van der Waals surface area contributed by atoms with Crippen LogP contribution in [0.3, 0.4) is 0 Å². The molecule has 0 atom stereocenters. The molecule has 140 valence electrons. The summed E-state index contributed by atoms with van der Waals surface area (Å²) in [6.45, 7) is 3.63. The number of hydrogen-bond donors (Lipinski definition) is 2. The molecule has 1 saturated heterocycles. The summed E-state index contributed by atoms with van der Waals surface area (Å²) in [4.78, 5) is 11.2. The normalized spacial score (nSPS) is 14.5. The Morgan fingerprint density at radius 3 is 2.65 bits per heavy atom. The summed E-state index contributed by atoms with van der Waals surface area (Å²) in [5.41, 5.74) is 7.69. The lowest BCUT2D eigenvalue weighted by atomic mass is 10.3. The van der Waals surface area contributed by atoms with Crippen LogP contribution in [0.2, 0.25) is 0 Å². The summed E-state index contributed by atoms with van der Waals surface area (Å²) in [7, 11) is 1.64. The van der Waals surface area contributed by atoms with Crippen LogP contribution in [0, 0.1) is 0 Å². The van der Waals surface area contributed by atoms with Crippen molar-refractivity contribution in [3.8, 4) is 5.75 Å². The molecular weight excluding hydrogens is 445 g/mol. The molecule has 2 heterocycles.